The first-order valence-corrected chi connectivity index (χ1v) is 7.45. The molecule has 0 saturated carbocycles. The van der Waals surface area contributed by atoms with Crippen molar-refractivity contribution in [3.05, 3.63) is 64.8 Å². The summed E-state index contributed by atoms with van der Waals surface area (Å²) >= 11 is 0. The van der Waals surface area contributed by atoms with E-state index < -0.39 is 0 Å². The first kappa shape index (κ1) is 12.5. The molecule has 1 heterocycles. The van der Waals surface area contributed by atoms with E-state index in [0.717, 1.165) is 32.5 Å². The molecule has 1 aromatic heterocycles. The lowest BCUT2D eigenvalue weighted by Crippen LogP contribution is -2.01. The number of para-hydroxylation sites is 1. The molecule has 0 aliphatic rings. The molecule has 3 heteroatoms. The number of methoxy groups -OCH3 is 1. The van der Waals surface area contributed by atoms with E-state index in [4.69, 9.17) is 9.15 Å². The smallest absolute Gasteiger partial charge is 0.186 e. The van der Waals surface area contributed by atoms with Gasteiger partial charge in [0, 0.05) is 21.5 Å². The normalized spacial score (nSPS) is 11.9. The second-order valence-corrected chi connectivity index (χ2v) is 5.70. The van der Waals surface area contributed by atoms with E-state index in [2.05, 4.69) is 12.1 Å². The third-order valence-corrected chi connectivity index (χ3v) is 4.52. The molecule has 0 spiro atoms. The molecule has 23 heavy (non-hydrogen) atoms. The van der Waals surface area contributed by atoms with Crippen LogP contribution in [0, 0.1) is 0 Å². The van der Waals surface area contributed by atoms with Gasteiger partial charge in [-0.3, -0.25) is 4.79 Å². The lowest BCUT2D eigenvalue weighted by atomic mass is 9.95. The van der Waals surface area contributed by atoms with Crippen LogP contribution in [0.4, 0.5) is 0 Å². The Labute approximate surface area is 131 Å². The van der Waals surface area contributed by atoms with E-state index in [1.165, 1.54) is 0 Å². The second kappa shape index (κ2) is 4.23. The summed E-state index contributed by atoms with van der Waals surface area (Å²) in [7, 11) is 1.60. The summed E-state index contributed by atoms with van der Waals surface area (Å²) in [5, 5.41) is 5.71. The summed E-state index contributed by atoms with van der Waals surface area (Å²) < 4.78 is 11.6. The van der Waals surface area contributed by atoms with Crippen LogP contribution in [-0.4, -0.2) is 7.11 Å². The summed E-state index contributed by atoms with van der Waals surface area (Å²) in [6, 6.07) is 17.3. The third-order valence-electron chi connectivity index (χ3n) is 4.52. The molecule has 0 fully saturated rings. The molecule has 4 aromatic carbocycles. The number of ether oxygens (including phenoxy) is 1. The molecule has 5 aromatic rings. The molecule has 0 saturated heterocycles. The zero-order valence-corrected chi connectivity index (χ0v) is 12.4. The van der Waals surface area contributed by atoms with E-state index in [0.29, 0.717) is 16.7 Å². The quantitative estimate of drug-likeness (QED) is 0.333. The molecule has 0 atom stereocenters. The Morgan fingerprint density at radius 3 is 2.57 bits per heavy atom. The maximum Gasteiger partial charge on any atom is 0.186 e. The van der Waals surface area contributed by atoms with Gasteiger partial charge in [0.05, 0.1) is 7.11 Å². The molecule has 0 bridgehead atoms. The average Bonchev–Trinajstić information content (AvgIpc) is 2.60. The predicted octanol–water partition coefficient (Wildman–Crippen LogP) is 4.70. The van der Waals surface area contributed by atoms with Crippen LogP contribution in [0.1, 0.15) is 0 Å². The van der Waals surface area contributed by atoms with E-state index in [-0.39, 0.29) is 5.43 Å². The standard InChI is InChI=1S/C20H12O3/c1-22-17-10-14-15(21)9-7-11-6-8-13-12-4-2-3-5-16(12)23-20(17)19(13)18(11)14/h2-10H,1H3. The van der Waals surface area contributed by atoms with Crippen molar-refractivity contribution in [1.82, 2.24) is 0 Å². The summed E-state index contributed by atoms with van der Waals surface area (Å²) in [6.45, 7) is 0. The molecule has 0 N–H and O–H groups in total. The Kier molecular flexibility index (Phi) is 2.29. The van der Waals surface area contributed by atoms with Crippen LogP contribution in [0.3, 0.4) is 0 Å². The van der Waals surface area contributed by atoms with Crippen LogP contribution in [0.25, 0.3) is 43.5 Å². The fourth-order valence-corrected chi connectivity index (χ4v) is 3.49. The van der Waals surface area contributed by atoms with Crippen molar-refractivity contribution < 1.29 is 9.15 Å². The van der Waals surface area contributed by atoms with Crippen LogP contribution < -0.4 is 10.2 Å². The first-order chi connectivity index (χ1) is 11.3. The minimum atomic E-state index is -0.00152. The zero-order chi connectivity index (χ0) is 15.6. The number of fused-ring (bicyclic) bond motifs is 2. The van der Waals surface area contributed by atoms with Crippen molar-refractivity contribution in [2.45, 2.75) is 0 Å². The molecular formula is C20H12O3. The molecule has 110 valence electrons. The van der Waals surface area contributed by atoms with Gasteiger partial charge < -0.3 is 9.15 Å². The second-order valence-electron chi connectivity index (χ2n) is 5.70. The van der Waals surface area contributed by atoms with Crippen molar-refractivity contribution >= 4 is 43.5 Å². The maximum atomic E-state index is 12.3. The fourth-order valence-electron chi connectivity index (χ4n) is 3.49. The van der Waals surface area contributed by atoms with Crippen molar-refractivity contribution in [3.8, 4) is 5.75 Å². The summed E-state index contributed by atoms with van der Waals surface area (Å²) in [6.07, 6.45) is 0. The van der Waals surface area contributed by atoms with Crippen LogP contribution >= 0.6 is 0 Å². The number of hydrogen-bond acceptors (Lipinski definition) is 3. The summed E-state index contributed by atoms with van der Waals surface area (Å²) in [5.74, 6) is 0.587. The molecule has 0 radical (unpaired) electrons. The molecule has 0 unspecified atom stereocenters. The van der Waals surface area contributed by atoms with Gasteiger partial charge >= 0.3 is 0 Å². The van der Waals surface area contributed by atoms with E-state index >= 15 is 0 Å². The van der Waals surface area contributed by atoms with Gasteiger partial charge in [0.1, 0.15) is 5.58 Å². The highest BCUT2D eigenvalue weighted by Crippen LogP contribution is 2.41. The SMILES string of the molecule is COc1cc2c(=O)ccc3ccc4c5ccccc5oc1c4c32. The largest absolute Gasteiger partial charge is 0.493 e. The minimum absolute atomic E-state index is 0.00152. The van der Waals surface area contributed by atoms with Gasteiger partial charge in [-0.25, -0.2) is 0 Å². The number of benzene rings is 4. The van der Waals surface area contributed by atoms with Crippen LogP contribution in [0.15, 0.2) is 63.8 Å². The van der Waals surface area contributed by atoms with Gasteiger partial charge in [0.15, 0.2) is 16.8 Å². The van der Waals surface area contributed by atoms with Gasteiger partial charge in [0.25, 0.3) is 0 Å². The summed E-state index contributed by atoms with van der Waals surface area (Å²) in [4.78, 5) is 12.3. The van der Waals surface area contributed by atoms with Crippen molar-refractivity contribution in [3.63, 3.8) is 0 Å². The molecule has 0 amide bonds. The van der Waals surface area contributed by atoms with Crippen molar-refractivity contribution in [2.24, 2.45) is 0 Å². The molecule has 5 rings (SSSR count). The highest BCUT2D eigenvalue weighted by molar-refractivity contribution is 6.27. The van der Waals surface area contributed by atoms with E-state index in [1.807, 2.05) is 30.3 Å². The Balaban J connectivity index is 2.24. The molecule has 0 aliphatic heterocycles. The molecular weight excluding hydrogens is 288 g/mol. The maximum absolute atomic E-state index is 12.3. The molecule has 0 aliphatic carbocycles. The summed E-state index contributed by atoms with van der Waals surface area (Å²) in [5.41, 5.74) is 1.49. The molecule has 3 nitrogen and oxygen atoms in total. The Hall–Kier alpha value is -3.07. The number of hydrogen-bond donors (Lipinski definition) is 0. The Morgan fingerprint density at radius 1 is 0.870 bits per heavy atom. The van der Waals surface area contributed by atoms with Crippen LogP contribution in [-0.2, 0) is 0 Å². The highest BCUT2D eigenvalue weighted by atomic mass is 16.5. The lowest BCUT2D eigenvalue weighted by Gasteiger charge is -2.14. The lowest BCUT2D eigenvalue weighted by molar-refractivity contribution is 0.412. The topological polar surface area (TPSA) is 39.4 Å². The van der Waals surface area contributed by atoms with Gasteiger partial charge in [-0.15, -0.1) is 0 Å². The first-order valence-electron chi connectivity index (χ1n) is 7.45. The van der Waals surface area contributed by atoms with E-state index in [9.17, 15) is 4.79 Å². The van der Waals surface area contributed by atoms with Crippen LogP contribution in [0.5, 0.6) is 5.75 Å². The van der Waals surface area contributed by atoms with Crippen molar-refractivity contribution in [2.75, 3.05) is 7.11 Å². The monoisotopic (exact) mass is 300 g/mol. The van der Waals surface area contributed by atoms with Gasteiger partial charge in [-0.05, 0) is 29.0 Å². The van der Waals surface area contributed by atoms with Gasteiger partial charge in [-0.1, -0.05) is 36.4 Å². The third kappa shape index (κ3) is 1.51. The number of rotatable bonds is 1. The van der Waals surface area contributed by atoms with E-state index in [1.54, 1.807) is 19.2 Å². The van der Waals surface area contributed by atoms with Gasteiger partial charge in [-0.2, -0.15) is 0 Å². The van der Waals surface area contributed by atoms with Crippen LogP contribution in [0.2, 0.25) is 0 Å². The average molecular weight is 300 g/mol. The Bertz CT molecular complexity index is 1260. The predicted molar refractivity (Wildman–Crippen MR) is 92.7 cm³/mol. The fraction of sp³-hybridized carbons (Fsp3) is 0.0500. The van der Waals surface area contributed by atoms with Gasteiger partial charge in [0.2, 0.25) is 0 Å². The highest BCUT2D eigenvalue weighted by Gasteiger charge is 2.17. The minimum Gasteiger partial charge on any atom is -0.493 e. The Morgan fingerprint density at radius 2 is 1.70 bits per heavy atom. The van der Waals surface area contributed by atoms with Crippen molar-refractivity contribution in [1.29, 1.82) is 0 Å². The zero-order valence-electron chi connectivity index (χ0n) is 12.4.